The third kappa shape index (κ3) is 2.08. The molecule has 0 aromatic carbocycles. The van der Waals surface area contributed by atoms with Crippen LogP contribution in [0.3, 0.4) is 0 Å². The van der Waals surface area contributed by atoms with Gasteiger partial charge in [-0.2, -0.15) is 9.78 Å². The number of H-pyrrole nitrogens is 1. The first-order chi connectivity index (χ1) is 8.58. The summed E-state index contributed by atoms with van der Waals surface area (Å²) in [4.78, 5) is 24.5. The summed E-state index contributed by atoms with van der Waals surface area (Å²) in [5, 5.41) is 22.4. The molecular formula is C9H13N3O6. The first-order valence-electron chi connectivity index (χ1n) is 5.23. The van der Waals surface area contributed by atoms with Gasteiger partial charge in [-0.1, -0.05) is 0 Å². The number of ether oxygens (including phenoxy) is 2. The quantitative estimate of drug-likeness (QED) is 0.535. The average Bonchev–Trinajstić information content (AvgIpc) is 2.65. The summed E-state index contributed by atoms with van der Waals surface area (Å²) in [6.07, 6.45) is -2.92. The van der Waals surface area contributed by atoms with E-state index in [9.17, 15) is 14.7 Å². The Morgan fingerprint density at radius 1 is 1.61 bits per heavy atom. The zero-order valence-electron chi connectivity index (χ0n) is 9.52. The number of aliphatic hydroxyl groups is 2. The number of hydrogen-bond donors (Lipinski definition) is 3. The molecule has 3 N–H and O–H groups in total. The third-order valence-corrected chi connectivity index (χ3v) is 2.74. The van der Waals surface area contributed by atoms with Gasteiger partial charge in [0.2, 0.25) is 0 Å². The molecule has 1 aromatic rings. The Morgan fingerprint density at radius 2 is 2.33 bits per heavy atom. The molecule has 100 valence electrons. The Kier molecular flexibility index (Phi) is 3.57. The Balaban J connectivity index is 2.38. The minimum absolute atomic E-state index is 0.421. The molecule has 0 radical (unpaired) electrons. The van der Waals surface area contributed by atoms with E-state index in [0.29, 0.717) is 0 Å². The maximum atomic E-state index is 11.6. The summed E-state index contributed by atoms with van der Waals surface area (Å²) >= 11 is 0. The molecule has 1 saturated heterocycles. The SMILES string of the molecule is COC1C(O)[C@H](CO)O[C@@H]1n1ncc(=O)[nH]c1=O. The van der Waals surface area contributed by atoms with E-state index < -0.39 is 42.4 Å². The van der Waals surface area contributed by atoms with Crippen LogP contribution in [0.15, 0.2) is 15.8 Å². The van der Waals surface area contributed by atoms with Crippen LogP contribution in [0.5, 0.6) is 0 Å². The number of hydrogen-bond acceptors (Lipinski definition) is 7. The van der Waals surface area contributed by atoms with Crippen molar-refractivity contribution in [2.75, 3.05) is 13.7 Å². The van der Waals surface area contributed by atoms with E-state index in [2.05, 4.69) is 5.10 Å². The fourth-order valence-electron chi connectivity index (χ4n) is 1.86. The molecule has 18 heavy (non-hydrogen) atoms. The lowest BCUT2D eigenvalue weighted by molar-refractivity contribution is -0.0696. The predicted molar refractivity (Wildman–Crippen MR) is 56.9 cm³/mol. The van der Waals surface area contributed by atoms with Crippen LogP contribution in [0.1, 0.15) is 6.23 Å². The topological polar surface area (TPSA) is 127 Å². The van der Waals surface area contributed by atoms with Crippen molar-refractivity contribution < 1.29 is 19.7 Å². The minimum atomic E-state index is -1.09. The van der Waals surface area contributed by atoms with Crippen molar-refractivity contribution in [3.05, 3.63) is 27.0 Å². The van der Waals surface area contributed by atoms with E-state index >= 15 is 0 Å². The molecule has 1 aliphatic heterocycles. The van der Waals surface area contributed by atoms with Crippen LogP contribution < -0.4 is 11.2 Å². The van der Waals surface area contributed by atoms with Crippen LogP contribution >= 0.6 is 0 Å². The van der Waals surface area contributed by atoms with E-state index in [1.165, 1.54) is 7.11 Å². The Bertz CT molecular complexity index is 526. The summed E-state index contributed by atoms with van der Waals surface area (Å²) in [7, 11) is 1.33. The summed E-state index contributed by atoms with van der Waals surface area (Å²) in [6.45, 7) is -0.421. The fraction of sp³-hybridized carbons (Fsp3) is 0.667. The molecule has 1 aromatic heterocycles. The van der Waals surface area contributed by atoms with E-state index in [1.807, 2.05) is 4.98 Å². The number of nitrogens with zero attached hydrogens (tertiary/aromatic N) is 2. The van der Waals surface area contributed by atoms with Gasteiger partial charge in [-0.25, -0.2) is 4.79 Å². The summed E-state index contributed by atoms with van der Waals surface area (Å²) in [6, 6.07) is 0. The molecule has 0 bridgehead atoms. The Labute approximate surface area is 101 Å². The molecule has 9 heteroatoms. The number of aromatic nitrogens is 3. The molecule has 2 heterocycles. The maximum absolute atomic E-state index is 11.6. The predicted octanol–water partition coefficient (Wildman–Crippen LogP) is -2.80. The molecule has 9 nitrogen and oxygen atoms in total. The van der Waals surface area contributed by atoms with E-state index in [-0.39, 0.29) is 0 Å². The molecule has 1 fully saturated rings. The molecule has 2 rings (SSSR count). The van der Waals surface area contributed by atoms with Gasteiger partial charge in [0.05, 0.1) is 6.61 Å². The molecule has 0 amide bonds. The zero-order valence-corrected chi connectivity index (χ0v) is 9.52. The molecule has 4 atom stereocenters. The zero-order chi connectivity index (χ0) is 13.3. The molecule has 0 aliphatic carbocycles. The van der Waals surface area contributed by atoms with Gasteiger partial charge in [0.15, 0.2) is 6.23 Å². The lowest BCUT2D eigenvalue weighted by Gasteiger charge is -2.18. The van der Waals surface area contributed by atoms with Crippen LogP contribution in [0.4, 0.5) is 0 Å². The van der Waals surface area contributed by atoms with Gasteiger partial charge in [0.25, 0.3) is 5.56 Å². The van der Waals surface area contributed by atoms with Crippen LogP contribution in [0.2, 0.25) is 0 Å². The van der Waals surface area contributed by atoms with Gasteiger partial charge >= 0.3 is 5.69 Å². The van der Waals surface area contributed by atoms with Crippen molar-refractivity contribution in [1.29, 1.82) is 0 Å². The van der Waals surface area contributed by atoms with Crippen molar-refractivity contribution >= 4 is 0 Å². The normalized spacial score (nSPS) is 31.7. The number of aromatic amines is 1. The van der Waals surface area contributed by atoms with Gasteiger partial charge in [-0.05, 0) is 0 Å². The van der Waals surface area contributed by atoms with E-state index in [0.717, 1.165) is 10.9 Å². The largest absolute Gasteiger partial charge is 0.394 e. The first-order valence-corrected chi connectivity index (χ1v) is 5.23. The number of methoxy groups -OCH3 is 1. The molecule has 2 unspecified atom stereocenters. The highest BCUT2D eigenvalue weighted by Crippen LogP contribution is 2.29. The van der Waals surface area contributed by atoms with Crippen LogP contribution in [-0.4, -0.2) is 57.0 Å². The summed E-state index contributed by atoms with van der Waals surface area (Å²) < 4.78 is 11.2. The third-order valence-electron chi connectivity index (χ3n) is 2.74. The molecule has 0 spiro atoms. The van der Waals surface area contributed by atoms with Crippen LogP contribution in [0.25, 0.3) is 0 Å². The highest BCUT2D eigenvalue weighted by atomic mass is 16.6. The van der Waals surface area contributed by atoms with E-state index in [4.69, 9.17) is 14.6 Å². The van der Waals surface area contributed by atoms with Crippen LogP contribution in [-0.2, 0) is 9.47 Å². The summed E-state index contributed by atoms with van der Waals surface area (Å²) in [5.41, 5.74) is -1.41. The number of aliphatic hydroxyl groups excluding tert-OH is 2. The minimum Gasteiger partial charge on any atom is -0.394 e. The van der Waals surface area contributed by atoms with Gasteiger partial charge in [0.1, 0.15) is 24.5 Å². The van der Waals surface area contributed by atoms with Gasteiger partial charge < -0.3 is 19.7 Å². The van der Waals surface area contributed by atoms with Gasteiger partial charge in [0, 0.05) is 7.11 Å². The lowest BCUT2D eigenvalue weighted by Crippen LogP contribution is -2.40. The molecule has 1 aliphatic rings. The second kappa shape index (κ2) is 4.98. The van der Waals surface area contributed by atoms with Gasteiger partial charge in [-0.3, -0.25) is 9.78 Å². The maximum Gasteiger partial charge on any atom is 0.347 e. The number of nitrogens with one attached hydrogen (secondary N) is 1. The van der Waals surface area contributed by atoms with Crippen molar-refractivity contribution in [3.8, 4) is 0 Å². The van der Waals surface area contributed by atoms with Crippen molar-refractivity contribution in [3.63, 3.8) is 0 Å². The fourth-order valence-corrected chi connectivity index (χ4v) is 1.86. The smallest absolute Gasteiger partial charge is 0.347 e. The second-order valence-electron chi connectivity index (χ2n) is 3.82. The average molecular weight is 259 g/mol. The van der Waals surface area contributed by atoms with E-state index in [1.54, 1.807) is 0 Å². The standard InChI is InChI=1S/C9H13N3O6/c1-17-7-6(15)4(3-13)18-8(7)12-9(16)11-5(14)2-10-12/h2,4,6-8,13,15H,3H2,1H3,(H,11,14,16)/t4-,6?,7?,8-/m0/s1. The van der Waals surface area contributed by atoms with Gasteiger partial charge in [-0.15, -0.1) is 0 Å². The Hall–Kier alpha value is -1.55. The summed E-state index contributed by atoms with van der Waals surface area (Å²) in [5.74, 6) is 0. The monoisotopic (exact) mass is 259 g/mol. The lowest BCUT2D eigenvalue weighted by atomic mass is 10.1. The molecule has 0 saturated carbocycles. The van der Waals surface area contributed by atoms with Crippen LogP contribution in [0, 0.1) is 0 Å². The Morgan fingerprint density at radius 3 is 2.89 bits per heavy atom. The highest BCUT2D eigenvalue weighted by molar-refractivity contribution is 4.89. The number of rotatable bonds is 3. The van der Waals surface area contributed by atoms with Crippen molar-refractivity contribution in [2.24, 2.45) is 0 Å². The second-order valence-corrected chi connectivity index (χ2v) is 3.82. The van der Waals surface area contributed by atoms with Crippen molar-refractivity contribution in [2.45, 2.75) is 24.5 Å². The molecular weight excluding hydrogens is 246 g/mol. The van der Waals surface area contributed by atoms with Crippen molar-refractivity contribution in [1.82, 2.24) is 14.8 Å². The first kappa shape index (κ1) is 12.9. The highest BCUT2D eigenvalue weighted by Gasteiger charge is 2.45.